The highest BCUT2D eigenvalue weighted by molar-refractivity contribution is 7.92. The molecule has 8 heteroatoms. The summed E-state index contributed by atoms with van der Waals surface area (Å²) >= 11 is 5.84. The number of hydrogen-bond acceptors (Lipinski definition) is 4. The summed E-state index contributed by atoms with van der Waals surface area (Å²) in [6.07, 6.45) is 0. The Morgan fingerprint density at radius 2 is 1.75 bits per heavy atom. The fraction of sp³-hybridized carbons (Fsp3) is 0. The van der Waals surface area contributed by atoms with Crippen LogP contribution in [0.4, 0.5) is 11.4 Å². The highest BCUT2D eigenvalue weighted by atomic mass is 35.5. The van der Waals surface area contributed by atoms with Crippen molar-refractivity contribution in [2.24, 2.45) is 0 Å². The number of nitrogens with one attached hydrogen (secondary N) is 1. The molecule has 0 aliphatic heterocycles. The molecule has 0 bridgehead atoms. The van der Waals surface area contributed by atoms with Crippen molar-refractivity contribution in [1.29, 1.82) is 0 Å². The molecule has 0 aliphatic rings. The minimum Gasteiger partial charge on any atom is -0.278 e. The van der Waals surface area contributed by atoms with Crippen molar-refractivity contribution in [3.05, 3.63) is 63.7 Å². The Morgan fingerprint density at radius 1 is 1.10 bits per heavy atom. The van der Waals surface area contributed by atoms with Crippen LogP contribution in [0.3, 0.4) is 0 Å². The van der Waals surface area contributed by atoms with Crippen LogP contribution in [0, 0.1) is 10.1 Å². The Morgan fingerprint density at radius 3 is 2.35 bits per heavy atom. The van der Waals surface area contributed by atoms with Gasteiger partial charge in [0.2, 0.25) is 0 Å². The number of nitro groups is 1. The Balaban J connectivity index is 2.39. The van der Waals surface area contributed by atoms with E-state index in [4.69, 9.17) is 11.6 Å². The molecule has 2 aromatic rings. The van der Waals surface area contributed by atoms with E-state index in [1.54, 1.807) is 18.2 Å². The summed E-state index contributed by atoms with van der Waals surface area (Å²) in [6, 6.07) is 11.2. The van der Waals surface area contributed by atoms with Gasteiger partial charge in [0, 0.05) is 12.1 Å². The van der Waals surface area contributed by atoms with Crippen molar-refractivity contribution < 1.29 is 13.3 Å². The third-order valence-electron chi connectivity index (χ3n) is 2.46. The second kappa shape index (κ2) is 5.48. The molecule has 0 fully saturated rings. The summed E-state index contributed by atoms with van der Waals surface area (Å²) in [5.41, 5.74) is -0.287. The quantitative estimate of drug-likeness (QED) is 0.694. The van der Waals surface area contributed by atoms with Crippen molar-refractivity contribution in [3.63, 3.8) is 0 Å². The molecular weight excluding hydrogens is 304 g/mol. The number of nitro benzene ring substituents is 1. The van der Waals surface area contributed by atoms with Crippen molar-refractivity contribution in [3.8, 4) is 0 Å². The zero-order valence-corrected chi connectivity index (χ0v) is 11.6. The predicted molar refractivity (Wildman–Crippen MR) is 75.4 cm³/mol. The first-order chi connectivity index (χ1) is 9.40. The number of sulfonamides is 1. The molecule has 0 radical (unpaired) electrons. The minimum atomic E-state index is -3.84. The van der Waals surface area contributed by atoms with Crippen LogP contribution in [-0.4, -0.2) is 13.3 Å². The van der Waals surface area contributed by atoms with Crippen molar-refractivity contribution >= 4 is 33.0 Å². The third-order valence-corrected chi connectivity index (χ3v) is 4.17. The van der Waals surface area contributed by atoms with Gasteiger partial charge in [0.1, 0.15) is 0 Å². The summed E-state index contributed by atoms with van der Waals surface area (Å²) < 4.78 is 26.4. The Bertz CT molecular complexity index is 747. The van der Waals surface area contributed by atoms with E-state index in [0.29, 0.717) is 0 Å². The van der Waals surface area contributed by atoms with Gasteiger partial charge in [-0.1, -0.05) is 29.8 Å². The Labute approximate surface area is 120 Å². The van der Waals surface area contributed by atoms with Gasteiger partial charge in [0.15, 0.2) is 0 Å². The van der Waals surface area contributed by atoms with E-state index >= 15 is 0 Å². The number of rotatable bonds is 4. The van der Waals surface area contributed by atoms with E-state index in [1.165, 1.54) is 24.3 Å². The SMILES string of the molecule is O=[N+]([O-])c1ccc(Cl)c(NS(=O)(=O)c2ccccc2)c1. The number of non-ortho nitro benzene ring substituents is 1. The molecular formula is C12H9ClN2O4S. The van der Waals surface area contributed by atoms with Gasteiger partial charge >= 0.3 is 0 Å². The molecule has 104 valence electrons. The molecule has 20 heavy (non-hydrogen) atoms. The lowest BCUT2D eigenvalue weighted by Crippen LogP contribution is -2.13. The number of nitrogens with zero attached hydrogens (tertiary/aromatic N) is 1. The average Bonchev–Trinajstić information content (AvgIpc) is 2.42. The molecule has 0 spiro atoms. The van der Waals surface area contributed by atoms with Gasteiger partial charge in [-0.3, -0.25) is 14.8 Å². The van der Waals surface area contributed by atoms with Gasteiger partial charge < -0.3 is 0 Å². The minimum absolute atomic E-state index is 0.0373. The molecule has 2 aromatic carbocycles. The van der Waals surface area contributed by atoms with Crippen LogP contribution in [0.15, 0.2) is 53.4 Å². The number of anilines is 1. The molecule has 6 nitrogen and oxygen atoms in total. The third kappa shape index (κ3) is 3.06. The molecule has 0 aromatic heterocycles. The molecule has 0 amide bonds. The smallest absolute Gasteiger partial charge is 0.271 e. The number of hydrogen-bond donors (Lipinski definition) is 1. The van der Waals surface area contributed by atoms with Gasteiger partial charge in [-0.05, 0) is 18.2 Å². The number of benzene rings is 2. The summed E-state index contributed by atoms with van der Waals surface area (Å²) in [4.78, 5) is 10.1. The molecule has 0 aliphatic carbocycles. The van der Waals surface area contributed by atoms with E-state index in [9.17, 15) is 18.5 Å². The van der Waals surface area contributed by atoms with E-state index in [0.717, 1.165) is 6.07 Å². The van der Waals surface area contributed by atoms with Crippen LogP contribution in [-0.2, 0) is 10.0 Å². The van der Waals surface area contributed by atoms with Crippen LogP contribution >= 0.6 is 11.6 Å². The first-order valence-corrected chi connectivity index (χ1v) is 7.28. The van der Waals surface area contributed by atoms with Gasteiger partial charge in [0.25, 0.3) is 15.7 Å². The fourth-order valence-electron chi connectivity index (χ4n) is 1.51. The molecule has 0 saturated carbocycles. The zero-order chi connectivity index (χ0) is 14.8. The summed E-state index contributed by atoms with van der Waals surface area (Å²) in [7, 11) is -3.84. The highest BCUT2D eigenvalue weighted by Crippen LogP contribution is 2.28. The molecule has 0 atom stereocenters. The summed E-state index contributed by atoms with van der Waals surface area (Å²) in [6.45, 7) is 0. The van der Waals surface area contributed by atoms with Gasteiger partial charge in [-0.2, -0.15) is 0 Å². The van der Waals surface area contributed by atoms with Crippen LogP contribution < -0.4 is 4.72 Å². The largest absolute Gasteiger partial charge is 0.278 e. The van der Waals surface area contributed by atoms with Crippen LogP contribution in [0.1, 0.15) is 0 Å². The first kappa shape index (κ1) is 14.3. The van der Waals surface area contributed by atoms with Crippen LogP contribution in [0.2, 0.25) is 5.02 Å². The van der Waals surface area contributed by atoms with Gasteiger partial charge in [0.05, 0.1) is 20.5 Å². The maximum absolute atomic E-state index is 12.1. The number of halogens is 1. The van der Waals surface area contributed by atoms with Crippen molar-refractivity contribution in [1.82, 2.24) is 0 Å². The average molecular weight is 313 g/mol. The Kier molecular flexibility index (Phi) is 3.91. The van der Waals surface area contributed by atoms with Crippen LogP contribution in [0.25, 0.3) is 0 Å². The van der Waals surface area contributed by atoms with E-state index in [1.807, 2.05) is 0 Å². The van der Waals surface area contributed by atoms with Gasteiger partial charge in [-0.15, -0.1) is 0 Å². The topological polar surface area (TPSA) is 89.3 Å². The normalized spacial score (nSPS) is 11.1. The summed E-state index contributed by atoms with van der Waals surface area (Å²) in [5, 5.41) is 10.8. The Hall–Kier alpha value is -2.12. The molecule has 2 rings (SSSR count). The molecule has 0 heterocycles. The monoisotopic (exact) mass is 312 g/mol. The molecule has 1 N–H and O–H groups in total. The second-order valence-corrected chi connectivity index (χ2v) is 5.93. The maximum Gasteiger partial charge on any atom is 0.271 e. The predicted octanol–water partition coefficient (Wildman–Crippen LogP) is 3.05. The van der Waals surface area contributed by atoms with E-state index in [2.05, 4.69) is 4.72 Å². The summed E-state index contributed by atoms with van der Waals surface area (Å²) in [5.74, 6) is 0. The fourth-order valence-corrected chi connectivity index (χ4v) is 2.82. The highest BCUT2D eigenvalue weighted by Gasteiger charge is 2.17. The first-order valence-electron chi connectivity index (χ1n) is 5.42. The molecule has 0 unspecified atom stereocenters. The molecule has 0 saturated heterocycles. The van der Waals surface area contributed by atoms with E-state index in [-0.39, 0.29) is 21.3 Å². The standard InChI is InChI=1S/C12H9ClN2O4S/c13-11-7-6-9(15(16)17)8-12(11)14-20(18,19)10-4-2-1-3-5-10/h1-8,14H. The zero-order valence-electron chi connectivity index (χ0n) is 9.99. The lowest BCUT2D eigenvalue weighted by Gasteiger charge is -2.09. The van der Waals surface area contributed by atoms with Gasteiger partial charge in [-0.25, -0.2) is 8.42 Å². The van der Waals surface area contributed by atoms with E-state index < -0.39 is 14.9 Å². The van der Waals surface area contributed by atoms with Crippen LogP contribution in [0.5, 0.6) is 0 Å². The van der Waals surface area contributed by atoms with Crippen molar-refractivity contribution in [2.75, 3.05) is 4.72 Å². The lowest BCUT2D eigenvalue weighted by molar-refractivity contribution is -0.384. The maximum atomic E-state index is 12.1. The van der Waals surface area contributed by atoms with Crippen molar-refractivity contribution in [2.45, 2.75) is 4.90 Å². The second-order valence-electron chi connectivity index (χ2n) is 3.84. The lowest BCUT2D eigenvalue weighted by atomic mass is 10.3.